The highest BCUT2D eigenvalue weighted by Gasteiger charge is 2.29. The van der Waals surface area contributed by atoms with Gasteiger partial charge in [0.1, 0.15) is 5.75 Å². The van der Waals surface area contributed by atoms with E-state index in [1.54, 1.807) is 0 Å². The molecule has 2 amide bonds. The molecule has 188 valence electrons. The van der Waals surface area contributed by atoms with Crippen molar-refractivity contribution >= 4 is 23.6 Å². The third kappa shape index (κ3) is 7.60. The maximum atomic E-state index is 11.7. The Kier molecular flexibility index (Phi) is 8.94. The second kappa shape index (κ2) is 12.1. The molecule has 0 bridgehead atoms. The summed E-state index contributed by atoms with van der Waals surface area (Å²) < 4.78 is 6.16. The molecule has 4 rings (SSSR count). The summed E-state index contributed by atoms with van der Waals surface area (Å²) in [6, 6.07) is 17.6. The number of carbonyl (C=O) groups excluding carboxylic acids is 2. The predicted octanol–water partition coefficient (Wildman–Crippen LogP) is 6.84. The van der Waals surface area contributed by atoms with E-state index in [4.69, 9.17) is 4.74 Å². The maximum Gasteiger partial charge on any atom is 0.230 e. The molecule has 1 aliphatic heterocycles. The first-order valence-corrected chi connectivity index (χ1v) is 14.2. The summed E-state index contributed by atoms with van der Waals surface area (Å²) in [5, 5.41) is 2.40. The molecule has 2 fully saturated rings. The van der Waals surface area contributed by atoms with Gasteiger partial charge in [-0.25, -0.2) is 0 Å². The summed E-state index contributed by atoms with van der Waals surface area (Å²) in [4.78, 5) is 24.3. The average molecular weight is 494 g/mol. The van der Waals surface area contributed by atoms with Gasteiger partial charge in [-0.15, -0.1) is 11.8 Å². The molecule has 2 aliphatic rings. The molecule has 4 nitrogen and oxygen atoms in total. The summed E-state index contributed by atoms with van der Waals surface area (Å²) in [5.74, 6) is 1.75. The minimum atomic E-state index is -0.138. The largest absolute Gasteiger partial charge is 0.490 e. The fraction of sp³-hybridized carbons (Fsp3) is 0.533. The zero-order valence-electron chi connectivity index (χ0n) is 21.2. The number of nitrogens with one attached hydrogen (secondary N) is 1. The second-order valence-corrected chi connectivity index (χ2v) is 11.9. The Morgan fingerprint density at radius 2 is 1.80 bits per heavy atom. The average Bonchev–Trinajstić information content (AvgIpc) is 3.46. The summed E-state index contributed by atoms with van der Waals surface area (Å²) in [5.41, 5.74) is 2.80. The number of thioether (sulfide) groups is 1. The molecule has 35 heavy (non-hydrogen) atoms. The minimum absolute atomic E-state index is 0.102. The lowest BCUT2D eigenvalue weighted by molar-refractivity contribution is -0.125. The molecule has 2 aromatic rings. The van der Waals surface area contributed by atoms with Crippen LogP contribution in [0.2, 0.25) is 0 Å². The molecule has 1 saturated carbocycles. The van der Waals surface area contributed by atoms with Crippen molar-refractivity contribution in [1.29, 1.82) is 0 Å². The van der Waals surface area contributed by atoms with Crippen molar-refractivity contribution in [3.63, 3.8) is 0 Å². The van der Waals surface area contributed by atoms with Gasteiger partial charge >= 0.3 is 0 Å². The number of imide groups is 1. The van der Waals surface area contributed by atoms with E-state index in [1.165, 1.54) is 41.7 Å². The van der Waals surface area contributed by atoms with Crippen molar-refractivity contribution in [2.24, 2.45) is 5.92 Å². The van der Waals surface area contributed by atoms with Gasteiger partial charge in [-0.2, -0.15) is 0 Å². The lowest BCUT2D eigenvalue weighted by atomic mass is 9.80. The molecular formula is C30H39NO3S. The molecule has 1 unspecified atom stereocenters. The zero-order valence-corrected chi connectivity index (χ0v) is 22.0. The Bertz CT molecular complexity index is 995. The van der Waals surface area contributed by atoms with Crippen molar-refractivity contribution in [2.75, 3.05) is 5.75 Å². The van der Waals surface area contributed by atoms with Gasteiger partial charge < -0.3 is 4.74 Å². The predicted molar refractivity (Wildman–Crippen MR) is 143 cm³/mol. The van der Waals surface area contributed by atoms with Gasteiger partial charge in [-0.1, -0.05) is 44.2 Å². The number of hydrogen-bond acceptors (Lipinski definition) is 4. The van der Waals surface area contributed by atoms with Gasteiger partial charge in [0.25, 0.3) is 0 Å². The number of benzene rings is 2. The first kappa shape index (κ1) is 25.8. The van der Waals surface area contributed by atoms with E-state index >= 15 is 0 Å². The number of ether oxygens (including phenoxy) is 1. The highest BCUT2D eigenvalue weighted by Crippen LogP contribution is 2.32. The molecule has 1 atom stereocenters. The van der Waals surface area contributed by atoms with Crippen molar-refractivity contribution in [1.82, 2.24) is 5.32 Å². The Morgan fingerprint density at radius 3 is 2.51 bits per heavy atom. The van der Waals surface area contributed by atoms with Crippen LogP contribution in [0.4, 0.5) is 0 Å². The Balaban J connectivity index is 1.18. The van der Waals surface area contributed by atoms with Crippen LogP contribution in [0.3, 0.4) is 0 Å². The van der Waals surface area contributed by atoms with Crippen LogP contribution in [-0.4, -0.2) is 23.7 Å². The van der Waals surface area contributed by atoms with Crippen LogP contribution in [0.5, 0.6) is 5.75 Å². The lowest BCUT2D eigenvalue weighted by Gasteiger charge is -2.25. The Labute approximate surface area is 214 Å². The zero-order chi connectivity index (χ0) is 24.7. The van der Waals surface area contributed by atoms with Crippen molar-refractivity contribution in [2.45, 2.75) is 94.5 Å². The van der Waals surface area contributed by atoms with Gasteiger partial charge in [0.05, 0.1) is 6.10 Å². The first-order valence-electron chi connectivity index (χ1n) is 13.2. The fourth-order valence-electron chi connectivity index (χ4n) is 5.20. The van der Waals surface area contributed by atoms with Crippen molar-refractivity contribution in [3.8, 4) is 5.75 Å². The smallest absolute Gasteiger partial charge is 0.230 e. The highest BCUT2D eigenvalue weighted by atomic mass is 32.2. The number of carbonyl (C=O) groups is 2. The SMILES string of the molecule is CC(C)(CCCSc1cccc(OC2CCCC2)c1)c1ccc(CCCC2CC(=O)NC2=O)cc1. The molecule has 0 radical (unpaired) electrons. The maximum absolute atomic E-state index is 11.7. The Hall–Kier alpha value is -2.27. The van der Waals surface area contributed by atoms with Gasteiger partial charge in [0.2, 0.25) is 11.8 Å². The van der Waals surface area contributed by atoms with Crippen LogP contribution in [0, 0.1) is 5.92 Å². The third-order valence-electron chi connectivity index (χ3n) is 7.44. The van der Waals surface area contributed by atoms with E-state index in [-0.39, 0.29) is 23.1 Å². The molecule has 1 N–H and O–H groups in total. The van der Waals surface area contributed by atoms with Crippen LogP contribution >= 0.6 is 11.8 Å². The third-order valence-corrected chi connectivity index (χ3v) is 8.52. The molecular weight excluding hydrogens is 454 g/mol. The first-order chi connectivity index (χ1) is 16.9. The van der Waals surface area contributed by atoms with Gasteiger partial charge in [0.15, 0.2) is 0 Å². The lowest BCUT2D eigenvalue weighted by Crippen LogP contribution is -2.22. The highest BCUT2D eigenvalue weighted by molar-refractivity contribution is 7.99. The van der Waals surface area contributed by atoms with Crippen LogP contribution in [0.25, 0.3) is 0 Å². The number of amides is 2. The monoisotopic (exact) mass is 493 g/mol. The van der Waals surface area contributed by atoms with Crippen LogP contribution in [-0.2, 0) is 21.4 Å². The molecule has 0 spiro atoms. The summed E-state index contributed by atoms with van der Waals surface area (Å²) in [6.07, 6.45) is 10.7. The number of hydrogen-bond donors (Lipinski definition) is 1. The van der Waals surface area contributed by atoms with E-state index in [0.29, 0.717) is 12.5 Å². The van der Waals surface area contributed by atoms with E-state index in [2.05, 4.69) is 67.7 Å². The molecule has 5 heteroatoms. The van der Waals surface area contributed by atoms with Crippen LogP contribution < -0.4 is 10.1 Å². The second-order valence-electron chi connectivity index (χ2n) is 10.7. The molecule has 0 aromatic heterocycles. The van der Waals surface area contributed by atoms with Gasteiger partial charge in [0, 0.05) is 17.2 Å². The minimum Gasteiger partial charge on any atom is -0.490 e. The van der Waals surface area contributed by atoms with E-state index in [0.717, 1.165) is 43.6 Å². The van der Waals surface area contributed by atoms with Crippen LogP contribution in [0.15, 0.2) is 53.4 Å². The fourth-order valence-corrected chi connectivity index (χ4v) is 6.10. The van der Waals surface area contributed by atoms with Crippen LogP contribution in [0.1, 0.15) is 82.8 Å². The standard InChI is InChI=1S/C30H39NO3S/c1-30(2,18-7-19-35-27-13-6-12-26(21-27)34-25-10-3-4-11-25)24-16-14-22(15-17-24)8-5-9-23-20-28(32)31-29(23)33/h6,12-17,21,23,25H,3-5,7-11,18-20H2,1-2H3,(H,31,32,33). The number of aryl methyl sites for hydroxylation is 1. The molecule has 1 aliphatic carbocycles. The Morgan fingerprint density at radius 1 is 1.03 bits per heavy atom. The molecule has 1 heterocycles. The number of rotatable bonds is 12. The quantitative estimate of drug-likeness (QED) is 0.200. The summed E-state index contributed by atoms with van der Waals surface area (Å²) in [6.45, 7) is 4.66. The van der Waals surface area contributed by atoms with Gasteiger partial charge in [-0.3, -0.25) is 14.9 Å². The van der Waals surface area contributed by atoms with E-state index < -0.39 is 0 Å². The molecule has 2 aromatic carbocycles. The van der Waals surface area contributed by atoms with E-state index in [1.807, 2.05) is 11.8 Å². The summed E-state index contributed by atoms with van der Waals surface area (Å²) >= 11 is 1.92. The topological polar surface area (TPSA) is 55.4 Å². The normalized spacial score (nSPS) is 18.7. The van der Waals surface area contributed by atoms with E-state index in [9.17, 15) is 9.59 Å². The molecule has 1 saturated heterocycles. The summed E-state index contributed by atoms with van der Waals surface area (Å²) in [7, 11) is 0. The van der Waals surface area contributed by atoms with Crippen molar-refractivity contribution in [3.05, 3.63) is 59.7 Å². The van der Waals surface area contributed by atoms with Crippen molar-refractivity contribution < 1.29 is 14.3 Å². The van der Waals surface area contributed by atoms with Gasteiger partial charge in [-0.05, 0) is 98.3 Å².